The van der Waals surface area contributed by atoms with Gasteiger partial charge >= 0.3 is 0 Å². The lowest BCUT2D eigenvalue weighted by atomic mass is 9.90. The third-order valence-corrected chi connectivity index (χ3v) is 4.21. The van der Waals surface area contributed by atoms with Gasteiger partial charge in [-0.15, -0.1) is 0 Å². The fourth-order valence-electron chi connectivity index (χ4n) is 3.21. The number of hydrogen-bond acceptors (Lipinski definition) is 0. The lowest BCUT2D eigenvalue weighted by Crippen LogP contribution is -2.02. The van der Waals surface area contributed by atoms with Gasteiger partial charge in [0.05, 0.1) is 0 Å². The first kappa shape index (κ1) is 10.9. The van der Waals surface area contributed by atoms with E-state index < -0.39 is 0 Å². The molecule has 1 aliphatic rings. The predicted octanol–water partition coefficient (Wildman–Crippen LogP) is 4.71. The highest BCUT2D eigenvalue weighted by Gasteiger charge is 2.14. The maximum Gasteiger partial charge on any atom is 0.0494 e. The second-order valence-corrected chi connectivity index (χ2v) is 5.42. The first-order valence-corrected chi connectivity index (χ1v) is 7.11. The second kappa shape index (κ2) is 4.27. The molecule has 1 aliphatic carbocycles. The number of fused-ring (bicyclic) bond motifs is 3. The molecule has 0 saturated carbocycles. The summed E-state index contributed by atoms with van der Waals surface area (Å²) in [6.45, 7) is 0. The predicted molar refractivity (Wildman–Crippen MR) is 80.4 cm³/mol. The Kier molecular flexibility index (Phi) is 2.44. The standard InChI is InChI=1S/C18H17N/c1-2-7-14(8-3-1)17-12-15-11-10-13-6-4-5-9-16(13)18(15)19-17/h1-3,7-8,10-12,19H,4-6,9H2. The molecule has 1 nitrogen and oxygen atoms in total. The third-order valence-electron chi connectivity index (χ3n) is 4.21. The first-order valence-electron chi connectivity index (χ1n) is 7.11. The van der Waals surface area contributed by atoms with Crippen molar-refractivity contribution in [3.8, 4) is 11.3 Å². The Morgan fingerprint density at radius 3 is 2.58 bits per heavy atom. The van der Waals surface area contributed by atoms with Crippen LogP contribution in [0.5, 0.6) is 0 Å². The van der Waals surface area contributed by atoms with Crippen LogP contribution < -0.4 is 0 Å². The summed E-state index contributed by atoms with van der Waals surface area (Å²) in [4.78, 5) is 3.64. The number of aryl methyl sites for hydroxylation is 2. The largest absolute Gasteiger partial charge is 0.354 e. The Morgan fingerprint density at radius 1 is 0.842 bits per heavy atom. The number of aromatic amines is 1. The van der Waals surface area contributed by atoms with Crippen molar-refractivity contribution >= 4 is 10.9 Å². The van der Waals surface area contributed by atoms with E-state index in [1.807, 2.05) is 0 Å². The van der Waals surface area contributed by atoms with Crippen LogP contribution in [0, 0.1) is 0 Å². The van der Waals surface area contributed by atoms with Crippen LogP contribution in [-0.2, 0) is 12.8 Å². The maximum atomic E-state index is 3.64. The fraction of sp³-hybridized carbons (Fsp3) is 0.222. The van der Waals surface area contributed by atoms with Crippen LogP contribution >= 0.6 is 0 Å². The Hall–Kier alpha value is -2.02. The molecule has 0 fully saturated rings. The van der Waals surface area contributed by atoms with E-state index in [9.17, 15) is 0 Å². The summed E-state index contributed by atoms with van der Waals surface area (Å²) in [5.41, 5.74) is 6.94. The van der Waals surface area contributed by atoms with Crippen molar-refractivity contribution in [1.82, 2.24) is 4.98 Å². The minimum absolute atomic E-state index is 1.22. The summed E-state index contributed by atoms with van der Waals surface area (Å²) in [5, 5.41) is 1.35. The molecular formula is C18H17N. The van der Waals surface area contributed by atoms with Gasteiger partial charge in [-0.2, -0.15) is 0 Å². The van der Waals surface area contributed by atoms with E-state index >= 15 is 0 Å². The van der Waals surface area contributed by atoms with Crippen LogP contribution in [-0.4, -0.2) is 4.98 Å². The van der Waals surface area contributed by atoms with E-state index in [-0.39, 0.29) is 0 Å². The Labute approximate surface area is 113 Å². The molecule has 1 heteroatoms. The molecule has 0 unspecified atom stereocenters. The van der Waals surface area contributed by atoms with Crippen molar-refractivity contribution in [1.29, 1.82) is 0 Å². The van der Waals surface area contributed by atoms with Gasteiger partial charge in [0.15, 0.2) is 0 Å². The Balaban J connectivity index is 1.92. The van der Waals surface area contributed by atoms with Crippen molar-refractivity contribution in [3.05, 3.63) is 59.7 Å². The highest BCUT2D eigenvalue weighted by Crippen LogP contribution is 2.31. The first-order chi connectivity index (χ1) is 9.42. The molecular weight excluding hydrogens is 230 g/mol. The van der Waals surface area contributed by atoms with Crippen molar-refractivity contribution in [2.75, 3.05) is 0 Å². The molecule has 0 spiro atoms. The van der Waals surface area contributed by atoms with Gasteiger partial charge in [0, 0.05) is 16.6 Å². The van der Waals surface area contributed by atoms with E-state index in [0.29, 0.717) is 0 Å². The summed E-state index contributed by atoms with van der Waals surface area (Å²) in [6, 6.07) is 17.4. The van der Waals surface area contributed by atoms with E-state index in [1.54, 1.807) is 11.1 Å². The average Bonchev–Trinajstić information content (AvgIpc) is 2.93. The van der Waals surface area contributed by atoms with Gasteiger partial charge in [0.1, 0.15) is 0 Å². The molecule has 1 aromatic heterocycles. The Bertz CT molecular complexity index is 722. The minimum atomic E-state index is 1.22. The molecule has 1 N–H and O–H groups in total. The van der Waals surface area contributed by atoms with Crippen molar-refractivity contribution < 1.29 is 0 Å². The molecule has 0 amide bonds. The van der Waals surface area contributed by atoms with E-state index in [0.717, 1.165) is 0 Å². The number of rotatable bonds is 1. The highest BCUT2D eigenvalue weighted by molar-refractivity contribution is 5.89. The number of hydrogen-bond donors (Lipinski definition) is 1. The molecule has 1 heterocycles. The van der Waals surface area contributed by atoms with E-state index in [4.69, 9.17) is 0 Å². The number of H-pyrrole nitrogens is 1. The van der Waals surface area contributed by atoms with Gasteiger partial charge in [-0.1, -0.05) is 42.5 Å². The fourth-order valence-corrected chi connectivity index (χ4v) is 3.21. The van der Waals surface area contributed by atoms with Gasteiger partial charge in [0.2, 0.25) is 0 Å². The van der Waals surface area contributed by atoms with E-state index in [1.165, 1.54) is 47.8 Å². The SMILES string of the molecule is c1ccc(-c2cc3ccc4c(c3[nH]2)CCCC4)cc1. The molecule has 3 aromatic rings. The molecule has 0 aliphatic heterocycles. The smallest absolute Gasteiger partial charge is 0.0494 e. The summed E-state index contributed by atoms with van der Waals surface area (Å²) < 4.78 is 0. The Morgan fingerprint density at radius 2 is 1.68 bits per heavy atom. The zero-order valence-electron chi connectivity index (χ0n) is 10.9. The zero-order chi connectivity index (χ0) is 12.7. The molecule has 0 atom stereocenters. The van der Waals surface area contributed by atoms with Crippen LogP contribution in [0.2, 0.25) is 0 Å². The van der Waals surface area contributed by atoms with Crippen molar-refractivity contribution in [3.63, 3.8) is 0 Å². The number of nitrogens with one attached hydrogen (secondary N) is 1. The molecule has 0 bridgehead atoms. The number of benzene rings is 2. The van der Waals surface area contributed by atoms with Gasteiger partial charge in [-0.25, -0.2) is 0 Å². The minimum Gasteiger partial charge on any atom is -0.354 e. The molecule has 94 valence electrons. The van der Waals surface area contributed by atoms with Gasteiger partial charge < -0.3 is 4.98 Å². The quantitative estimate of drug-likeness (QED) is 0.640. The summed E-state index contributed by atoms with van der Waals surface area (Å²) >= 11 is 0. The average molecular weight is 247 g/mol. The van der Waals surface area contributed by atoms with Crippen LogP contribution in [0.15, 0.2) is 48.5 Å². The maximum absolute atomic E-state index is 3.64. The molecule has 19 heavy (non-hydrogen) atoms. The zero-order valence-corrected chi connectivity index (χ0v) is 10.9. The van der Waals surface area contributed by atoms with Crippen LogP contribution in [0.3, 0.4) is 0 Å². The lowest BCUT2D eigenvalue weighted by Gasteiger charge is -2.16. The summed E-state index contributed by atoms with van der Waals surface area (Å²) in [6.07, 6.45) is 5.13. The van der Waals surface area contributed by atoms with Gasteiger partial charge in [-0.3, -0.25) is 0 Å². The molecule has 0 saturated heterocycles. The number of aromatic nitrogens is 1. The third kappa shape index (κ3) is 1.77. The molecule has 4 rings (SSSR count). The summed E-state index contributed by atoms with van der Waals surface area (Å²) in [7, 11) is 0. The van der Waals surface area contributed by atoms with Crippen LogP contribution in [0.4, 0.5) is 0 Å². The monoisotopic (exact) mass is 247 g/mol. The van der Waals surface area contributed by atoms with Gasteiger partial charge in [0.25, 0.3) is 0 Å². The lowest BCUT2D eigenvalue weighted by molar-refractivity contribution is 0.689. The van der Waals surface area contributed by atoms with Crippen molar-refractivity contribution in [2.45, 2.75) is 25.7 Å². The van der Waals surface area contributed by atoms with Crippen LogP contribution in [0.1, 0.15) is 24.0 Å². The highest BCUT2D eigenvalue weighted by atomic mass is 14.7. The topological polar surface area (TPSA) is 15.8 Å². The molecule has 2 aromatic carbocycles. The van der Waals surface area contributed by atoms with Crippen molar-refractivity contribution in [2.24, 2.45) is 0 Å². The normalized spacial score (nSPS) is 14.5. The molecule has 0 radical (unpaired) electrons. The van der Waals surface area contributed by atoms with Crippen LogP contribution in [0.25, 0.3) is 22.2 Å². The van der Waals surface area contributed by atoms with Gasteiger partial charge in [-0.05, 0) is 48.4 Å². The second-order valence-electron chi connectivity index (χ2n) is 5.42. The summed E-state index contributed by atoms with van der Waals surface area (Å²) in [5.74, 6) is 0. The van der Waals surface area contributed by atoms with E-state index in [2.05, 4.69) is 53.5 Å².